The monoisotopic (exact) mass is 319 g/mol. The molecule has 110 valence electrons. The van der Waals surface area contributed by atoms with Crippen molar-refractivity contribution in [3.63, 3.8) is 0 Å². The van der Waals surface area contributed by atoms with Crippen LogP contribution < -0.4 is 0 Å². The molecule has 1 amide bonds. The molecule has 6 heteroatoms. The van der Waals surface area contributed by atoms with Crippen LogP contribution in [0.15, 0.2) is 29.3 Å². The highest BCUT2D eigenvalue weighted by atomic mass is 32.2. The smallest absolute Gasteiger partial charge is 0.233 e. The van der Waals surface area contributed by atoms with E-state index in [1.54, 1.807) is 16.7 Å². The van der Waals surface area contributed by atoms with E-state index >= 15 is 0 Å². The van der Waals surface area contributed by atoms with E-state index in [0.717, 1.165) is 15.8 Å². The normalized spacial score (nSPS) is 13.0. The van der Waals surface area contributed by atoms with E-state index in [-0.39, 0.29) is 5.91 Å². The molecule has 1 aliphatic rings. The van der Waals surface area contributed by atoms with Crippen LogP contribution in [-0.2, 0) is 10.5 Å². The molecule has 1 aromatic carbocycles. The number of aliphatic imine (C=N–C) groups is 1. The largest absolute Gasteiger partial charge is 0.341 e. The standard InChI is InChI=1S/C15H17N3OS2/c1-2-18(9-5-8-16)14(19)11-21-15-17-13-7-4-3-6-12(13)10-20-15/h3-4,6-7H,2,5,9-11H2,1H3. The molecule has 0 saturated carbocycles. The fraction of sp³-hybridized carbons (Fsp3) is 0.400. The van der Waals surface area contributed by atoms with Crippen LogP contribution in [-0.4, -0.2) is 34.0 Å². The molecule has 21 heavy (non-hydrogen) atoms. The minimum absolute atomic E-state index is 0.0694. The van der Waals surface area contributed by atoms with E-state index in [9.17, 15) is 4.79 Å². The highest BCUT2D eigenvalue weighted by molar-refractivity contribution is 8.38. The van der Waals surface area contributed by atoms with Crippen LogP contribution in [0.2, 0.25) is 0 Å². The predicted molar refractivity (Wildman–Crippen MR) is 89.8 cm³/mol. The lowest BCUT2D eigenvalue weighted by atomic mass is 10.2. The minimum atomic E-state index is 0.0694. The van der Waals surface area contributed by atoms with Crippen molar-refractivity contribution in [3.8, 4) is 6.07 Å². The van der Waals surface area contributed by atoms with Gasteiger partial charge in [0.1, 0.15) is 4.38 Å². The number of rotatable bonds is 5. The van der Waals surface area contributed by atoms with Gasteiger partial charge in [-0.1, -0.05) is 41.7 Å². The molecule has 0 aliphatic carbocycles. The zero-order valence-corrected chi connectivity index (χ0v) is 13.5. The molecule has 0 atom stereocenters. The number of carbonyl (C=O) groups is 1. The van der Waals surface area contributed by atoms with Crippen molar-refractivity contribution in [2.75, 3.05) is 18.8 Å². The van der Waals surface area contributed by atoms with E-state index in [1.165, 1.54) is 17.3 Å². The second kappa shape index (κ2) is 8.11. The van der Waals surface area contributed by atoms with E-state index in [2.05, 4.69) is 17.1 Å². The van der Waals surface area contributed by atoms with Crippen molar-refractivity contribution in [2.45, 2.75) is 19.1 Å². The Morgan fingerprint density at radius 1 is 1.52 bits per heavy atom. The molecule has 0 radical (unpaired) electrons. The Kier molecular flexibility index (Phi) is 6.15. The van der Waals surface area contributed by atoms with Gasteiger partial charge in [0.15, 0.2) is 0 Å². The summed E-state index contributed by atoms with van der Waals surface area (Å²) in [5.41, 5.74) is 2.24. The predicted octanol–water partition coefficient (Wildman–Crippen LogP) is 3.42. The van der Waals surface area contributed by atoms with Gasteiger partial charge < -0.3 is 4.90 Å². The molecule has 4 nitrogen and oxygen atoms in total. The molecule has 0 bridgehead atoms. The summed E-state index contributed by atoms with van der Waals surface area (Å²) in [5, 5.41) is 8.60. The first-order chi connectivity index (χ1) is 10.2. The summed E-state index contributed by atoms with van der Waals surface area (Å²) < 4.78 is 0.943. The van der Waals surface area contributed by atoms with Crippen molar-refractivity contribution in [1.29, 1.82) is 5.26 Å². The molecule has 0 aromatic heterocycles. The number of thioether (sulfide) groups is 2. The van der Waals surface area contributed by atoms with E-state index in [1.807, 2.05) is 25.1 Å². The molecule has 2 rings (SSSR count). The van der Waals surface area contributed by atoms with Crippen LogP contribution in [0.1, 0.15) is 18.9 Å². The van der Waals surface area contributed by atoms with Gasteiger partial charge in [-0.15, -0.1) is 0 Å². The van der Waals surface area contributed by atoms with Gasteiger partial charge >= 0.3 is 0 Å². The topological polar surface area (TPSA) is 56.5 Å². The number of nitrogens with zero attached hydrogens (tertiary/aromatic N) is 3. The first-order valence-corrected chi connectivity index (χ1v) is 8.78. The van der Waals surface area contributed by atoms with Gasteiger partial charge in [-0.25, -0.2) is 4.99 Å². The number of fused-ring (bicyclic) bond motifs is 1. The van der Waals surface area contributed by atoms with E-state index in [4.69, 9.17) is 5.26 Å². The molecule has 0 unspecified atom stereocenters. The molecular weight excluding hydrogens is 302 g/mol. The van der Waals surface area contributed by atoms with Crippen molar-refractivity contribution < 1.29 is 4.79 Å². The SMILES string of the molecule is CCN(CCC#N)C(=O)CSC1=Nc2ccccc2CS1. The van der Waals surface area contributed by atoms with Gasteiger partial charge in [0, 0.05) is 18.8 Å². The zero-order valence-electron chi connectivity index (χ0n) is 11.9. The molecule has 0 fully saturated rings. The van der Waals surface area contributed by atoms with Crippen LogP contribution in [0, 0.1) is 11.3 Å². The van der Waals surface area contributed by atoms with Gasteiger partial charge in [0.05, 0.1) is 23.9 Å². The third kappa shape index (κ3) is 4.51. The Labute approximate surface area is 133 Å². The lowest BCUT2D eigenvalue weighted by molar-refractivity contribution is -0.128. The number of hydrogen-bond donors (Lipinski definition) is 0. The summed E-state index contributed by atoms with van der Waals surface area (Å²) in [6.45, 7) is 3.08. The zero-order chi connectivity index (χ0) is 15.1. The molecule has 1 aromatic rings. The summed E-state index contributed by atoms with van der Waals surface area (Å²) in [7, 11) is 0. The number of carbonyl (C=O) groups excluding carboxylic acids is 1. The second-order valence-electron chi connectivity index (χ2n) is 4.47. The molecule has 0 saturated heterocycles. The van der Waals surface area contributed by atoms with Crippen LogP contribution in [0.5, 0.6) is 0 Å². The molecule has 0 N–H and O–H groups in total. The maximum absolute atomic E-state index is 12.1. The highest BCUT2D eigenvalue weighted by Gasteiger charge is 2.16. The van der Waals surface area contributed by atoms with Gasteiger partial charge in [-0.05, 0) is 18.6 Å². The summed E-state index contributed by atoms with van der Waals surface area (Å²) in [6, 6.07) is 10.2. The van der Waals surface area contributed by atoms with Crippen molar-refractivity contribution in [3.05, 3.63) is 29.8 Å². The quantitative estimate of drug-likeness (QED) is 0.834. The van der Waals surface area contributed by atoms with E-state index in [0.29, 0.717) is 25.3 Å². The average Bonchev–Trinajstić information content (AvgIpc) is 2.53. The Morgan fingerprint density at radius 3 is 3.10 bits per heavy atom. The maximum Gasteiger partial charge on any atom is 0.233 e. The number of para-hydroxylation sites is 1. The number of hydrogen-bond acceptors (Lipinski definition) is 5. The molecule has 0 spiro atoms. The summed E-state index contributed by atoms with van der Waals surface area (Å²) in [6.07, 6.45) is 0.382. The summed E-state index contributed by atoms with van der Waals surface area (Å²) in [5.74, 6) is 1.36. The average molecular weight is 319 g/mol. The first-order valence-electron chi connectivity index (χ1n) is 6.81. The lowest BCUT2D eigenvalue weighted by Gasteiger charge is -2.20. The second-order valence-corrected chi connectivity index (χ2v) is 6.65. The number of amides is 1. The van der Waals surface area contributed by atoms with Gasteiger partial charge in [0.2, 0.25) is 5.91 Å². The van der Waals surface area contributed by atoms with Gasteiger partial charge in [0.25, 0.3) is 0 Å². The number of benzene rings is 1. The molecular formula is C15H17N3OS2. The summed E-state index contributed by atoms with van der Waals surface area (Å²) >= 11 is 3.16. The molecule has 1 heterocycles. The van der Waals surface area contributed by atoms with Gasteiger partial charge in [-0.3, -0.25) is 4.79 Å². The van der Waals surface area contributed by atoms with E-state index < -0.39 is 0 Å². The summed E-state index contributed by atoms with van der Waals surface area (Å²) in [4.78, 5) is 18.4. The fourth-order valence-electron chi connectivity index (χ4n) is 1.94. The third-order valence-corrected chi connectivity index (χ3v) is 5.33. The third-order valence-electron chi connectivity index (χ3n) is 3.10. The van der Waals surface area contributed by atoms with Crippen molar-refractivity contribution >= 4 is 39.5 Å². The lowest BCUT2D eigenvalue weighted by Crippen LogP contribution is -2.33. The van der Waals surface area contributed by atoms with Crippen molar-refractivity contribution in [1.82, 2.24) is 4.90 Å². The van der Waals surface area contributed by atoms with Crippen LogP contribution in [0.3, 0.4) is 0 Å². The minimum Gasteiger partial charge on any atom is -0.341 e. The Bertz CT molecular complexity index is 581. The van der Waals surface area contributed by atoms with Gasteiger partial charge in [-0.2, -0.15) is 5.26 Å². The Hall–Kier alpha value is -1.45. The first kappa shape index (κ1) is 15.9. The van der Waals surface area contributed by atoms with Crippen molar-refractivity contribution in [2.24, 2.45) is 4.99 Å². The fourth-order valence-corrected chi connectivity index (χ4v) is 3.91. The van der Waals surface area contributed by atoms with Crippen LogP contribution >= 0.6 is 23.5 Å². The Morgan fingerprint density at radius 2 is 2.33 bits per heavy atom. The molecule has 1 aliphatic heterocycles. The van der Waals surface area contributed by atoms with Crippen LogP contribution in [0.25, 0.3) is 0 Å². The maximum atomic E-state index is 12.1. The van der Waals surface area contributed by atoms with Crippen LogP contribution in [0.4, 0.5) is 5.69 Å². The highest BCUT2D eigenvalue weighted by Crippen LogP contribution is 2.34. The number of nitriles is 1. The Balaban J connectivity index is 1.90.